The monoisotopic (exact) mass is 477 g/mol. The number of rotatable bonds is 8. The van der Waals surface area contributed by atoms with Gasteiger partial charge < -0.3 is 10.6 Å². The lowest BCUT2D eigenvalue weighted by atomic mass is 10.1. The first-order valence-electron chi connectivity index (χ1n) is 9.35. The Bertz CT molecular complexity index is 1200. The molecular formula is C21H20ClN3O4S2. The molecule has 0 fully saturated rings. The van der Waals surface area contributed by atoms with Crippen molar-refractivity contribution in [3.8, 4) is 0 Å². The van der Waals surface area contributed by atoms with E-state index in [4.69, 9.17) is 11.6 Å². The maximum absolute atomic E-state index is 12.8. The minimum absolute atomic E-state index is 0.170. The van der Waals surface area contributed by atoms with E-state index in [0.29, 0.717) is 11.6 Å². The minimum atomic E-state index is -3.74. The lowest BCUT2D eigenvalue weighted by molar-refractivity contribution is 0.0954. The number of anilines is 2. The maximum Gasteiger partial charge on any atom is 0.271 e. The molecule has 10 heteroatoms. The van der Waals surface area contributed by atoms with Crippen LogP contribution < -0.4 is 15.4 Å². The van der Waals surface area contributed by atoms with Crippen molar-refractivity contribution >= 4 is 56.2 Å². The van der Waals surface area contributed by atoms with Gasteiger partial charge in [0.25, 0.3) is 21.8 Å². The van der Waals surface area contributed by atoms with Crippen molar-refractivity contribution in [3.63, 3.8) is 0 Å². The SMILES string of the molecule is CCCNC(=O)c1ccc(Cl)cc1NC(=O)c1cccc(NS(=O)(=O)c2cccs2)c1. The second kappa shape index (κ2) is 9.95. The van der Waals surface area contributed by atoms with E-state index < -0.39 is 15.9 Å². The number of benzene rings is 2. The minimum Gasteiger partial charge on any atom is -0.352 e. The van der Waals surface area contributed by atoms with Crippen molar-refractivity contribution in [1.82, 2.24) is 5.32 Å². The van der Waals surface area contributed by atoms with Crippen LogP contribution in [0.25, 0.3) is 0 Å². The molecule has 0 aliphatic carbocycles. The quantitative estimate of drug-likeness (QED) is 0.441. The molecule has 31 heavy (non-hydrogen) atoms. The lowest BCUT2D eigenvalue weighted by Crippen LogP contribution is -2.25. The smallest absolute Gasteiger partial charge is 0.271 e. The fraction of sp³-hybridized carbons (Fsp3) is 0.143. The van der Waals surface area contributed by atoms with Crippen molar-refractivity contribution in [3.05, 3.63) is 76.1 Å². The first-order valence-corrected chi connectivity index (χ1v) is 12.1. The number of thiophene rings is 1. The highest BCUT2D eigenvalue weighted by Gasteiger charge is 2.18. The fourth-order valence-electron chi connectivity index (χ4n) is 2.69. The normalized spacial score (nSPS) is 11.0. The summed E-state index contributed by atoms with van der Waals surface area (Å²) in [6.45, 7) is 2.44. The molecule has 2 aromatic carbocycles. The van der Waals surface area contributed by atoms with E-state index in [9.17, 15) is 18.0 Å². The summed E-state index contributed by atoms with van der Waals surface area (Å²) in [7, 11) is -3.74. The van der Waals surface area contributed by atoms with Gasteiger partial charge in [0.2, 0.25) is 0 Å². The van der Waals surface area contributed by atoms with E-state index in [1.54, 1.807) is 35.7 Å². The fourth-order valence-corrected chi connectivity index (χ4v) is 4.91. The summed E-state index contributed by atoms with van der Waals surface area (Å²) in [6.07, 6.45) is 0.773. The highest BCUT2D eigenvalue weighted by atomic mass is 35.5. The molecule has 1 aromatic heterocycles. The molecular weight excluding hydrogens is 458 g/mol. The summed E-state index contributed by atoms with van der Waals surface area (Å²) in [5, 5.41) is 7.47. The molecule has 0 atom stereocenters. The van der Waals surface area contributed by atoms with Gasteiger partial charge in [-0.05, 0) is 54.3 Å². The van der Waals surface area contributed by atoms with Gasteiger partial charge in [-0.25, -0.2) is 8.42 Å². The van der Waals surface area contributed by atoms with Gasteiger partial charge in [0.15, 0.2) is 0 Å². The first-order chi connectivity index (χ1) is 14.8. The summed E-state index contributed by atoms with van der Waals surface area (Å²) in [4.78, 5) is 25.2. The van der Waals surface area contributed by atoms with Crippen molar-refractivity contribution in [1.29, 1.82) is 0 Å². The van der Waals surface area contributed by atoms with E-state index in [1.165, 1.54) is 24.3 Å². The van der Waals surface area contributed by atoms with Crippen LogP contribution in [0.2, 0.25) is 5.02 Å². The predicted octanol–water partition coefficient (Wildman–Crippen LogP) is 4.59. The Morgan fingerprint density at radius 2 is 1.84 bits per heavy atom. The number of carbonyl (C=O) groups excluding carboxylic acids is 2. The number of carbonyl (C=O) groups is 2. The second-order valence-electron chi connectivity index (χ2n) is 6.52. The maximum atomic E-state index is 12.8. The largest absolute Gasteiger partial charge is 0.352 e. The second-order valence-corrected chi connectivity index (χ2v) is 9.81. The number of halogens is 1. The van der Waals surface area contributed by atoms with Gasteiger partial charge in [0, 0.05) is 22.8 Å². The van der Waals surface area contributed by atoms with E-state index >= 15 is 0 Å². The molecule has 3 N–H and O–H groups in total. The first kappa shape index (κ1) is 22.8. The van der Waals surface area contributed by atoms with Crippen LogP contribution in [0.5, 0.6) is 0 Å². The van der Waals surface area contributed by atoms with Gasteiger partial charge >= 0.3 is 0 Å². The van der Waals surface area contributed by atoms with Gasteiger partial charge in [-0.3, -0.25) is 14.3 Å². The third kappa shape index (κ3) is 5.84. The molecule has 0 unspecified atom stereocenters. The summed E-state index contributed by atoms with van der Waals surface area (Å²) in [5.41, 5.74) is 0.996. The highest BCUT2D eigenvalue weighted by Crippen LogP contribution is 2.24. The van der Waals surface area contributed by atoms with E-state index in [-0.39, 0.29) is 32.6 Å². The van der Waals surface area contributed by atoms with E-state index in [0.717, 1.165) is 17.8 Å². The summed E-state index contributed by atoms with van der Waals surface area (Å²) in [5.74, 6) is -0.838. The van der Waals surface area contributed by atoms with Crippen molar-refractivity contribution < 1.29 is 18.0 Å². The standard InChI is InChI=1S/C21H20ClN3O4S2/c1-2-10-23-21(27)17-9-8-15(22)13-18(17)24-20(26)14-5-3-6-16(12-14)25-31(28,29)19-7-4-11-30-19/h3-9,11-13,25H,2,10H2,1H3,(H,23,27)(H,24,26). The van der Waals surface area contributed by atoms with Crippen LogP contribution in [0.1, 0.15) is 34.1 Å². The molecule has 0 aliphatic heterocycles. The van der Waals surface area contributed by atoms with E-state index in [1.807, 2.05) is 6.92 Å². The number of sulfonamides is 1. The van der Waals surface area contributed by atoms with Crippen molar-refractivity contribution in [2.24, 2.45) is 0 Å². The summed E-state index contributed by atoms with van der Waals surface area (Å²) in [6, 6.07) is 13.8. The molecule has 0 spiro atoms. The average Bonchev–Trinajstić information content (AvgIpc) is 3.28. The van der Waals surface area contributed by atoms with Crippen LogP contribution >= 0.6 is 22.9 Å². The topological polar surface area (TPSA) is 104 Å². The number of hydrogen-bond acceptors (Lipinski definition) is 5. The van der Waals surface area contributed by atoms with Crippen LogP contribution in [-0.2, 0) is 10.0 Å². The van der Waals surface area contributed by atoms with Crippen LogP contribution in [-0.4, -0.2) is 26.8 Å². The van der Waals surface area contributed by atoms with Crippen LogP contribution in [0.3, 0.4) is 0 Å². The van der Waals surface area contributed by atoms with Gasteiger partial charge in [-0.1, -0.05) is 30.7 Å². The predicted molar refractivity (Wildman–Crippen MR) is 124 cm³/mol. The molecule has 0 aliphatic rings. The van der Waals surface area contributed by atoms with Gasteiger partial charge in [0.1, 0.15) is 4.21 Å². The molecule has 0 saturated carbocycles. The Hall–Kier alpha value is -2.88. The molecule has 3 rings (SSSR count). The molecule has 7 nitrogen and oxygen atoms in total. The zero-order valence-electron chi connectivity index (χ0n) is 16.5. The van der Waals surface area contributed by atoms with Gasteiger partial charge in [0.05, 0.1) is 11.3 Å². The van der Waals surface area contributed by atoms with Crippen LogP contribution in [0, 0.1) is 0 Å². The van der Waals surface area contributed by atoms with Crippen molar-refractivity contribution in [2.45, 2.75) is 17.6 Å². The Balaban J connectivity index is 1.81. The molecule has 0 radical (unpaired) electrons. The van der Waals surface area contributed by atoms with Crippen LogP contribution in [0.4, 0.5) is 11.4 Å². The molecule has 0 saturated heterocycles. The highest BCUT2D eigenvalue weighted by molar-refractivity contribution is 7.94. The number of nitrogens with one attached hydrogen (secondary N) is 3. The Kier molecular flexibility index (Phi) is 7.32. The number of hydrogen-bond donors (Lipinski definition) is 3. The van der Waals surface area contributed by atoms with Gasteiger partial charge in [-0.2, -0.15) is 0 Å². The van der Waals surface area contributed by atoms with Crippen molar-refractivity contribution in [2.75, 3.05) is 16.6 Å². The lowest BCUT2D eigenvalue weighted by Gasteiger charge is -2.13. The number of amides is 2. The Morgan fingerprint density at radius 3 is 2.55 bits per heavy atom. The molecule has 162 valence electrons. The average molecular weight is 478 g/mol. The summed E-state index contributed by atoms with van der Waals surface area (Å²) < 4.78 is 27.5. The Morgan fingerprint density at radius 1 is 1.03 bits per heavy atom. The zero-order chi connectivity index (χ0) is 22.4. The third-order valence-electron chi connectivity index (χ3n) is 4.15. The molecule has 3 aromatic rings. The molecule has 1 heterocycles. The Labute approximate surface area is 189 Å². The van der Waals surface area contributed by atoms with Crippen LogP contribution in [0.15, 0.2) is 64.2 Å². The summed E-state index contributed by atoms with van der Waals surface area (Å²) >= 11 is 7.14. The molecule has 0 bridgehead atoms. The third-order valence-corrected chi connectivity index (χ3v) is 7.16. The van der Waals surface area contributed by atoms with Gasteiger partial charge in [-0.15, -0.1) is 11.3 Å². The molecule has 2 amide bonds. The zero-order valence-corrected chi connectivity index (χ0v) is 18.9. The van der Waals surface area contributed by atoms with E-state index in [2.05, 4.69) is 15.4 Å².